The van der Waals surface area contributed by atoms with Crippen LogP contribution < -0.4 is 11.1 Å². The van der Waals surface area contributed by atoms with E-state index in [2.05, 4.69) is 10.2 Å². The second kappa shape index (κ2) is 7.49. The number of hydrogen-bond donors (Lipinski definition) is 2. The van der Waals surface area contributed by atoms with E-state index in [-0.39, 0.29) is 23.7 Å². The standard InChI is InChI=1S/C21H28F2N4O2/c22-13-1-4-17(23)16(7-13)20-18(24)8-15(11-29-20)26-9-12-5-6-27(19(12)10-26)21(28)25-14-2-3-14/h1,4,7,12,14-15,18-20H,2-3,5-6,8-11,24H2,(H,25,28)/t12?,15-,18+,19?,20-/m1/s1. The fourth-order valence-corrected chi connectivity index (χ4v) is 5.18. The third kappa shape index (κ3) is 3.73. The smallest absolute Gasteiger partial charge is 0.317 e. The van der Waals surface area contributed by atoms with Gasteiger partial charge in [0.15, 0.2) is 0 Å². The van der Waals surface area contributed by atoms with Gasteiger partial charge in [-0.3, -0.25) is 4.90 Å². The summed E-state index contributed by atoms with van der Waals surface area (Å²) in [6, 6.07) is 3.81. The second-order valence-electron chi connectivity index (χ2n) is 8.96. The molecule has 0 spiro atoms. The van der Waals surface area contributed by atoms with E-state index in [0.29, 0.717) is 25.0 Å². The predicted molar refractivity (Wildman–Crippen MR) is 103 cm³/mol. The van der Waals surface area contributed by atoms with Crippen molar-refractivity contribution in [2.75, 3.05) is 26.2 Å². The van der Waals surface area contributed by atoms with Crippen molar-refractivity contribution in [2.24, 2.45) is 11.7 Å². The van der Waals surface area contributed by atoms with Gasteiger partial charge in [-0.15, -0.1) is 0 Å². The topological polar surface area (TPSA) is 70.8 Å². The van der Waals surface area contributed by atoms with Crippen LogP contribution in [0, 0.1) is 17.6 Å². The van der Waals surface area contributed by atoms with Gasteiger partial charge in [-0.1, -0.05) is 0 Å². The number of nitrogens with two attached hydrogens (primary N) is 1. The van der Waals surface area contributed by atoms with Crippen LogP contribution in [0.2, 0.25) is 0 Å². The van der Waals surface area contributed by atoms with Crippen LogP contribution in [0.4, 0.5) is 13.6 Å². The highest BCUT2D eigenvalue weighted by molar-refractivity contribution is 5.75. The number of carbonyl (C=O) groups excluding carboxylic acids is 1. The summed E-state index contributed by atoms with van der Waals surface area (Å²) >= 11 is 0. The maximum absolute atomic E-state index is 14.1. The van der Waals surface area contributed by atoms with Gasteiger partial charge in [-0.25, -0.2) is 13.6 Å². The lowest BCUT2D eigenvalue weighted by atomic mass is 9.93. The Bertz CT molecular complexity index is 790. The van der Waals surface area contributed by atoms with Crippen LogP contribution in [-0.4, -0.2) is 66.2 Å². The minimum absolute atomic E-state index is 0.0695. The molecule has 3 heterocycles. The number of hydrogen-bond acceptors (Lipinski definition) is 4. The molecule has 1 saturated carbocycles. The summed E-state index contributed by atoms with van der Waals surface area (Å²) in [5.41, 5.74) is 6.52. The molecule has 1 aliphatic carbocycles. The molecule has 4 aliphatic rings. The molecule has 3 saturated heterocycles. The molecule has 5 rings (SSSR count). The monoisotopic (exact) mass is 406 g/mol. The summed E-state index contributed by atoms with van der Waals surface area (Å²) < 4.78 is 33.6. The average molecular weight is 406 g/mol. The van der Waals surface area contributed by atoms with Gasteiger partial charge >= 0.3 is 6.03 Å². The third-order valence-corrected chi connectivity index (χ3v) is 6.92. The van der Waals surface area contributed by atoms with Crippen LogP contribution in [0.5, 0.6) is 0 Å². The Balaban J connectivity index is 1.21. The number of amides is 2. The molecule has 5 atom stereocenters. The van der Waals surface area contributed by atoms with Crippen molar-refractivity contribution < 1.29 is 18.3 Å². The summed E-state index contributed by atoms with van der Waals surface area (Å²) in [6.07, 6.45) is 3.23. The lowest BCUT2D eigenvalue weighted by molar-refractivity contribution is -0.0487. The zero-order chi connectivity index (χ0) is 20.1. The number of carbonyl (C=O) groups is 1. The van der Waals surface area contributed by atoms with Crippen molar-refractivity contribution in [3.05, 3.63) is 35.4 Å². The number of ether oxygens (including phenoxy) is 1. The van der Waals surface area contributed by atoms with Gasteiger partial charge in [0.05, 0.1) is 12.6 Å². The van der Waals surface area contributed by atoms with Gasteiger partial charge in [-0.05, 0) is 49.8 Å². The summed E-state index contributed by atoms with van der Waals surface area (Å²) in [5.74, 6) is -0.496. The molecule has 0 aromatic heterocycles. The van der Waals surface area contributed by atoms with E-state index in [9.17, 15) is 13.6 Å². The second-order valence-corrected chi connectivity index (χ2v) is 8.96. The molecule has 158 valence electrons. The van der Waals surface area contributed by atoms with Crippen molar-refractivity contribution in [3.63, 3.8) is 0 Å². The quantitative estimate of drug-likeness (QED) is 0.806. The Morgan fingerprint density at radius 2 is 2.03 bits per heavy atom. The summed E-state index contributed by atoms with van der Waals surface area (Å²) in [6.45, 7) is 3.01. The molecular formula is C21H28F2N4O2. The molecule has 3 aliphatic heterocycles. The normalized spacial score (nSPS) is 35.0. The zero-order valence-electron chi connectivity index (χ0n) is 16.4. The first-order valence-electron chi connectivity index (χ1n) is 10.6. The van der Waals surface area contributed by atoms with Gasteiger partial charge < -0.3 is 20.7 Å². The fourth-order valence-electron chi connectivity index (χ4n) is 5.18. The highest BCUT2D eigenvalue weighted by atomic mass is 19.1. The molecule has 2 unspecified atom stereocenters. The number of nitrogens with one attached hydrogen (secondary N) is 1. The van der Waals surface area contributed by atoms with Crippen LogP contribution in [0.1, 0.15) is 37.4 Å². The number of likely N-dealkylation sites (tertiary alicyclic amines) is 2. The molecule has 8 heteroatoms. The molecule has 2 amide bonds. The Labute approximate surface area is 169 Å². The van der Waals surface area contributed by atoms with E-state index >= 15 is 0 Å². The molecule has 3 N–H and O–H groups in total. The van der Waals surface area contributed by atoms with Crippen LogP contribution in [0.3, 0.4) is 0 Å². The van der Waals surface area contributed by atoms with Crippen LogP contribution in [0.15, 0.2) is 18.2 Å². The van der Waals surface area contributed by atoms with Crippen molar-refractivity contribution >= 4 is 6.03 Å². The maximum Gasteiger partial charge on any atom is 0.317 e. The molecule has 0 bridgehead atoms. The van der Waals surface area contributed by atoms with Crippen LogP contribution >= 0.6 is 0 Å². The van der Waals surface area contributed by atoms with E-state index < -0.39 is 23.8 Å². The van der Waals surface area contributed by atoms with Crippen LogP contribution in [0.25, 0.3) is 0 Å². The molecular weight excluding hydrogens is 378 g/mol. The van der Waals surface area contributed by atoms with E-state index in [0.717, 1.165) is 51.0 Å². The Kier molecular flexibility index (Phi) is 4.96. The van der Waals surface area contributed by atoms with Gasteiger partial charge in [0, 0.05) is 43.3 Å². The first kappa shape index (κ1) is 19.2. The molecule has 1 aromatic carbocycles. The predicted octanol–water partition coefficient (Wildman–Crippen LogP) is 2.00. The number of fused-ring (bicyclic) bond motifs is 1. The lowest BCUT2D eigenvalue weighted by Gasteiger charge is -2.39. The molecule has 6 nitrogen and oxygen atoms in total. The highest BCUT2D eigenvalue weighted by Crippen LogP contribution is 2.37. The van der Waals surface area contributed by atoms with Crippen LogP contribution in [-0.2, 0) is 4.74 Å². The summed E-state index contributed by atoms with van der Waals surface area (Å²) in [7, 11) is 0. The number of halogens is 2. The van der Waals surface area contributed by atoms with E-state index in [1.165, 1.54) is 6.07 Å². The van der Waals surface area contributed by atoms with Crippen molar-refractivity contribution in [1.29, 1.82) is 0 Å². The lowest BCUT2D eigenvalue weighted by Crippen LogP contribution is -2.50. The SMILES string of the molecule is N[C@H]1C[C@@H](N2CC3CCN(C(=O)NC4CC4)C3C2)CO[C@@H]1c1cc(F)ccc1F. The Hall–Kier alpha value is -1.77. The molecule has 0 radical (unpaired) electrons. The molecule has 4 fully saturated rings. The number of rotatable bonds is 3. The Morgan fingerprint density at radius 3 is 2.79 bits per heavy atom. The van der Waals surface area contributed by atoms with Crippen molar-refractivity contribution in [3.8, 4) is 0 Å². The minimum atomic E-state index is -0.634. The van der Waals surface area contributed by atoms with Gasteiger partial charge in [-0.2, -0.15) is 0 Å². The first-order valence-corrected chi connectivity index (χ1v) is 10.6. The molecule has 1 aromatic rings. The van der Waals surface area contributed by atoms with Gasteiger partial charge in [0.2, 0.25) is 0 Å². The summed E-state index contributed by atoms with van der Waals surface area (Å²) in [5, 5.41) is 3.10. The Morgan fingerprint density at radius 1 is 1.21 bits per heavy atom. The third-order valence-electron chi connectivity index (χ3n) is 6.92. The zero-order valence-corrected chi connectivity index (χ0v) is 16.4. The van der Waals surface area contributed by atoms with Gasteiger partial charge in [0.25, 0.3) is 0 Å². The van der Waals surface area contributed by atoms with Gasteiger partial charge in [0.1, 0.15) is 17.7 Å². The van der Waals surface area contributed by atoms with Crippen molar-refractivity contribution in [1.82, 2.24) is 15.1 Å². The first-order chi connectivity index (χ1) is 14.0. The van der Waals surface area contributed by atoms with E-state index in [1.807, 2.05) is 4.90 Å². The number of nitrogens with zero attached hydrogens (tertiary/aromatic N) is 2. The van der Waals surface area contributed by atoms with Crippen molar-refractivity contribution in [2.45, 2.75) is 56.0 Å². The maximum atomic E-state index is 14.1. The summed E-state index contributed by atoms with van der Waals surface area (Å²) in [4.78, 5) is 16.9. The fraction of sp³-hybridized carbons (Fsp3) is 0.667. The van der Waals surface area contributed by atoms with E-state index in [1.54, 1.807) is 0 Å². The highest BCUT2D eigenvalue weighted by Gasteiger charge is 2.47. The minimum Gasteiger partial charge on any atom is -0.370 e. The largest absolute Gasteiger partial charge is 0.370 e. The number of benzene rings is 1. The number of urea groups is 1. The average Bonchev–Trinajstić information content (AvgIpc) is 3.26. The molecule has 29 heavy (non-hydrogen) atoms. The van der Waals surface area contributed by atoms with E-state index in [4.69, 9.17) is 10.5 Å².